The molecule has 0 radical (unpaired) electrons. The fraction of sp³-hybridized carbons (Fsp3) is 1.00. The molecule has 2 aliphatic rings. The number of hydrogen-bond acceptors (Lipinski definition) is 2. The average Bonchev–Trinajstić information content (AvgIpc) is 2.95. The minimum Gasteiger partial charge on any atom is -0.396 e. The van der Waals surface area contributed by atoms with Crippen molar-refractivity contribution < 1.29 is 8.85 Å². The highest BCUT2D eigenvalue weighted by molar-refractivity contribution is 6.18. The Morgan fingerprint density at radius 1 is 0.923 bits per heavy atom. The summed E-state index contributed by atoms with van der Waals surface area (Å²) in [7, 11) is -0.689. The van der Waals surface area contributed by atoms with Gasteiger partial charge in [0, 0.05) is 12.2 Å². The van der Waals surface area contributed by atoms with Gasteiger partial charge in [-0.2, -0.15) is 0 Å². The van der Waals surface area contributed by atoms with E-state index in [1.807, 2.05) is 0 Å². The van der Waals surface area contributed by atoms with Crippen LogP contribution in [0.1, 0.15) is 39.5 Å². The Hall–Kier alpha value is 0.137. The molecule has 2 saturated carbocycles. The van der Waals surface area contributed by atoms with Crippen LogP contribution < -0.4 is 0 Å². The van der Waals surface area contributed by atoms with E-state index in [9.17, 15) is 0 Å². The summed E-state index contributed by atoms with van der Waals surface area (Å²) in [6.07, 6.45) is 6.42. The summed E-state index contributed by atoms with van der Waals surface area (Å²) in [5.41, 5.74) is 0. The lowest BCUT2D eigenvalue weighted by Gasteiger charge is -2.15. The molecule has 76 valence electrons. The molecule has 2 atom stereocenters. The average molecular weight is 200 g/mol. The van der Waals surface area contributed by atoms with Crippen LogP contribution >= 0.6 is 0 Å². The molecule has 0 saturated heterocycles. The molecule has 0 aromatic rings. The molecule has 0 aromatic carbocycles. The largest absolute Gasteiger partial charge is 0.396 e. The van der Waals surface area contributed by atoms with Gasteiger partial charge in [-0.15, -0.1) is 0 Å². The van der Waals surface area contributed by atoms with Crippen LogP contribution in [0, 0.1) is 11.8 Å². The second-order valence-electron chi connectivity index (χ2n) is 4.54. The van der Waals surface area contributed by atoms with Gasteiger partial charge < -0.3 is 8.85 Å². The fourth-order valence-corrected chi connectivity index (χ4v) is 2.71. The maximum atomic E-state index is 5.73. The van der Waals surface area contributed by atoms with Gasteiger partial charge in [0.05, 0.1) is 0 Å². The van der Waals surface area contributed by atoms with Crippen molar-refractivity contribution in [3.63, 3.8) is 0 Å². The van der Waals surface area contributed by atoms with Gasteiger partial charge in [0.1, 0.15) is 0 Å². The van der Waals surface area contributed by atoms with Crippen molar-refractivity contribution >= 4 is 10.0 Å². The third kappa shape index (κ3) is 3.08. The first-order chi connectivity index (χ1) is 6.27. The summed E-state index contributed by atoms with van der Waals surface area (Å²) in [5, 5.41) is 0. The van der Waals surface area contributed by atoms with E-state index >= 15 is 0 Å². The lowest BCUT2D eigenvalue weighted by atomic mass is 10.3. The van der Waals surface area contributed by atoms with Gasteiger partial charge in [0.25, 0.3) is 0 Å². The molecule has 0 aromatic heterocycles. The standard InChI is InChI=1S/C10H20O2Si/c1-7(9-3-4-9)11-13-12-8(2)10-5-6-10/h7-10H,3-6,13H2,1-2H3. The van der Waals surface area contributed by atoms with Crippen molar-refractivity contribution in [3.8, 4) is 0 Å². The van der Waals surface area contributed by atoms with E-state index in [2.05, 4.69) is 13.8 Å². The molecule has 0 aliphatic heterocycles. The van der Waals surface area contributed by atoms with E-state index in [4.69, 9.17) is 8.85 Å². The smallest absolute Gasteiger partial charge is 0.304 e. The quantitative estimate of drug-likeness (QED) is 0.607. The maximum Gasteiger partial charge on any atom is 0.304 e. The molecule has 2 fully saturated rings. The molecular weight excluding hydrogens is 180 g/mol. The molecule has 2 aliphatic carbocycles. The van der Waals surface area contributed by atoms with E-state index in [0.29, 0.717) is 12.2 Å². The third-order valence-corrected chi connectivity index (χ3v) is 4.56. The van der Waals surface area contributed by atoms with Gasteiger partial charge in [0.2, 0.25) is 0 Å². The second kappa shape index (κ2) is 4.11. The highest BCUT2D eigenvalue weighted by atomic mass is 28.3. The maximum absolute atomic E-state index is 5.73. The SMILES string of the molecule is CC(O[SiH2]OC(C)C1CC1)C1CC1. The van der Waals surface area contributed by atoms with Crippen molar-refractivity contribution in [3.05, 3.63) is 0 Å². The fourth-order valence-electron chi connectivity index (χ4n) is 1.66. The van der Waals surface area contributed by atoms with Crippen LogP contribution in [0.25, 0.3) is 0 Å². The van der Waals surface area contributed by atoms with Crippen LogP contribution in [-0.4, -0.2) is 22.2 Å². The highest BCUT2D eigenvalue weighted by Crippen LogP contribution is 2.35. The highest BCUT2D eigenvalue weighted by Gasteiger charge is 2.30. The van der Waals surface area contributed by atoms with Crippen LogP contribution in [0.15, 0.2) is 0 Å². The first kappa shape index (κ1) is 9.68. The van der Waals surface area contributed by atoms with E-state index in [1.165, 1.54) is 25.7 Å². The monoisotopic (exact) mass is 200 g/mol. The normalized spacial score (nSPS) is 28.2. The molecule has 0 bridgehead atoms. The Morgan fingerprint density at radius 3 is 1.62 bits per heavy atom. The Balaban J connectivity index is 1.51. The Morgan fingerprint density at radius 2 is 1.31 bits per heavy atom. The molecule has 0 spiro atoms. The van der Waals surface area contributed by atoms with E-state index in [1.54, 1.807) is 0 Å². The van der Waals surface area contributed by atoms with Crippen molar-refractivity contribution in [2.45, 2.75) is 51.7 Å². The summed E-state index contributed by atoms with van der Waals surface area (Å²) >= 11 is 0. The molecule has 0 N–H and O–H groups in total. The molecule has 2 unspecified atom stereocenters. The third-order valence-electron chi connectivity index (χ3n) is 3.23. The summed E-state index contributed by atoms with van der Waals surface area (Å²) in [4.78, 5) is 0. The molecule has 0 amide bonds. The minimum absolute atomic E-state index is 0.470. The van der Waals surface area contributed by atoms with Crippen LogP contribution in [0.5, 0.6) is 0 Å². The summed E-state index contributed by atoms with van der Waals surface area (Å²) < 4.78 is 11.5. The van der Waals surface area contributed by atoms with Crippen LogP contribution in [0.2, 0.25) is 0 Å². The first-order valence-corrected chi connectivity index (χ1v) is 6.66. The molecule has 3 heteroatoms. The molecule has 0 heterocycles. The number of hydrogen-bond donors (Lipinski definition) is 0. The lowest BCUT2D eigenvalue weighted by molar-refractivity contribution is 0.115. The molecule has 2 nitrogen and oxygen atoms in total. The van der Waals surface area contributed by atoms with E-state index < -0.39 is 10.0 Å². The predicted molar refractivity (Wildman–Crippen MR) is 55.1 cm³/mol. The zero-order chi connectivity index (χ0) is 9.26. The van der Waals surface area contributed by atoms with Gasteiger partial charge in [0.15, 0.2) is 0 Å². The topological polar surface area (TPSA) is 18.5 Å². The van der Waals surface area contributed by atoms with Gasteiger partial charge in [-0.05, 0) is 51.4 Å². The van der Waals surface area contributed by atoms with Gasteiger partial charge in [-0.1, -0.05) is 0 Å². The van der Waals surface area contributed by atoms with Gasteiger partial charge >= 0.3 is 10.0 Å². The summed E-state index contributed by atoms with van der Waals surface area (Å²) in [5.74, 6) is 1.71. The predicted octanol–water partition coefficient (Wildman–Crippen LogP) is 1.62. The van der Waals surface area contributed by atoms with E-state index in [0.717, 1.165) is 11.8 Å². The van der Waals surface area contributed by atoms with E-state index in [-0.39, 0.29) is 0 Å². The summed E-state index contributed by atoms with van der Waals surface area (Å²) in [6, 6.07) is 0. The van der Waals surface area contributed by atoms with Crippen LogP contribution in [0.3, 0.4) is 0 Å². The van der Waals surface area contributed by atoms with Gasteiger partial charge in [-0.3, -0.25) is 0 Å². The Labute approximate surface area is 83.1 Å². The van der Waals surface area contributed by atoms with Crippen molar-refractivity contribution in [1.82, 2.24) is 0 Å². The van der Waals surface area contributed by atoms with Crippen LogP contribution in [-0.2, 0) is 8.85 Å². The van der Waals surface area contributed by atoms with Gasteiger partial charge in [-0.25, -0.2) is 0 Å². The second-order valence-corrected chi connectivity index (χ2v) is 5.44. The lowest BCUT2D eigenvalue weighted by Crippen LogP contribution is -2.21. The molecular formula is C10H20O2Si. The van der Waals surface area contributed by atoms with Crippen molar-refractivity contribution in [2.24, 2.45) is 11.8 Å². The molecule has 2 rings (SSSR count). The zero-order valence-electron chi connectivity index (χ0n) is 8.66. The van der Waals surface area contributed by atoms with Crippen LogP contribution in [0.4, 0.5) is 0 Å². The first-order valence-electron chi connectivity index (χ1n) is 5.50. The minimum atomic E-state index is -0.689. The van der Waals surface area contributed by atoms with Crippen molar-refractivity contribution in [1.29, 1.82) is 0 Å². The Bertz CT molecular complexity index is 148. The zero-order valence-corrected chi connectivity index (χ0v) is 10.1. The summed E-state index contributed by atoms with van der Waals surface area (Å²) in [6.45, 7) is 4.38. The molecule has 13 heavy (non-hydrogen) atoms. The Kier molecular flexibility index (Phi) is 3.06. The number of rotatable bonds is 6. The van der Waals surface area contributed by atoms with Crippen molar-refractivity contribution in [2.75, 3.05) is 0 Å².